The summed E-state index contributed by atoms with van der Waals surface area (Å²) in [6.45, 7) is 7.17. The molecule has 0 saturated carbocycles. The minimum Gasteiger partial charge on any atom is -0.493 e. The van der Waals surface area contributed by atoms with Gasteiger partial charge in [0.05, 0.1) is 13.7 Å². The van der Waals surface area contributed by atoms with Gasteiger partial charge in [-0.15, -0.1) is 0 Å². The lowest BCUT2D eigenvalue weighted by molar-refractivity contribution is 0.0661. The largest absolute Gasteiger partial charge is 0.493 e. The van der Waals surface area contributed by atoms with E-state index in [1.165, 1.54) is 5.56 Å². The summed E-state index contributed by atoms with van der Waals surface area (Å²) in [6.07, 6.45) is 1.54. The molecular formula is C26H36N2O4. The number of carbonyl (C=O) groups excluding carboxylic acids is 1. The Labute approximate surface area is 191 Å². The van der Waals surface area contributed by atoms with Crippen LogP contribution >= 0.6 is 0 Å². The molecule has 2 aromatic carbocycles. The first-order valence-electron chi connectivity index (χ1n) is 11.5. The number of rotatable bonds is 11. The fourth-order valence-electron chi connectivity index (χ4n) is 4.27. The highest BCUT2D eigenvalue weighted by molar-refractivity contribution is 5.95. The van der Waals surface area contributed by atoms with Crippen LogP contribution in [0.5, 0.6) is 11.5 Å². The molecule has 3 rings (SSSR count). The van der Waals surface area contributed by atoms with E-state index in [0.29, 0.717) is 48.5 Å². The molecule has 1 heterocycles. The van der Waals surface area contributed by atoms with Crippen LogP contribution in [-0.2, 0) is 6.42 Å². The minimum absolute atomic E-state index is 0.0000207. The van der Waals surface area contributed by atoms with Crippen LogP contribution in [0.1, 0.15) is 36.2 Å². The smallest absolute Gasteiger partial charge is 0.254 e. The topological polar surface area (TPSA) is 71.0 Å². The molecule has 1 saturated heterocycles. The average molecular weight is 441 g/mol. The molecular weight excluding hydrogens is 404 g/mol. The monoisotopic (exact) mass is 440 g/mol. The maximum atomic E-state index is 13.5. The van der Waals surface area contributed by atoms with Crippen molar-refractivity contribution in [1.82, 2.24) is 10.2 Å². The van der Waals surface area contributed by atoms with Gasteiger partial charge < -0.3 is 24.8 Å². The number of nitrogens with one attached hydrogen (secondary N) is 1. The van der Waals surface area contributed by atoms with Crippen LogP contribution in [0, 0.1) is 11.8 Å². The molecule has 6 heteroatoms. The highest BCUT2D eigenvalue weighted by Gasteiger charge is 2.31. The lowest BCUT2D eigenvalue weighted by Crippen LogP contribution is -2.42. The maximum absolute atomic E-state index is 13.5. The van der Waals surface area contributed by atoms with Crippen molar-refractivity contribution in [3.8, 4) is 11.5 Å². The Bertz CT molecular complexity index is 856. The maximum Gasteiger partial charge on any atom is 0.254 e. The van der Waals surface area contributed by atoms with E-state index in [1.807, 2.05) is 11.0 Å². The van der Waals surface area contributed by atoms with Gasteiger partial charge in [0.2, 0.25) is 0 Å². The first-order valence-corrected chi connectivity index (χ1v) is 11.5. The fraction of sp³-hybridized carbons (Fsp3) is 0.500. The summed E-state index contributed by atoms with van der Waals surface area (Å²) in [4.78, 5) is 15.5. The third-order valence-corrected chi connectivity index (χ3v) is 6.11. The zero-order chi connectivity index (χ0) is 22.9. The first-order chi connectivity index (χ1) is 15.5. The van der Waals surface area contributed by atoms with Crippen LogP contribution in [0.2, 0.25) is 0 Å². The molecule has 1 unspecified atom stereocenters. The average Bonchev–Trinajstić information content (AvgIpc) is 3.24. The van der Waals surface area contributed by atoms with E-state index in [-0.39, 0.29) is 18.6 Å². The van der Waals surface area contributed by atoms with Crippen LogP contribution in [0.3, 0.4) is 0 Å². The Hall–Kier alpha value is -2.57. The second kappa shape index (κ2) is 11.9. The second-order valence-corrected chi connectivity index (χ2v) is 8.71. The van der Waals surface area contributed by atoms with Crippen molar-refractivity contribution in [2.24, 2.45) is 11.8 Å². The van der Waals surface area contributed by atoms with Gasteiger partial charge in [-0.2, -0.15) is 0 Å². The molecule has 1 aliphatic rings. The van der Waals surface area contributed by atoms with Gasteiger partial charge in [0.25, 0.3) is 5.91 Å². The van der Waals surface area contributed by atoms with E-state index < -0.39 is 0 Å². The summed E-state index contributed by atoms with van der Waals surface area (Å²) in [5, 5.41) is 12.5. The molecule has 0 bridgehead atoms. The van der Waals surface area contributed by atoms with Gasteiger partial charge in [-0.05, 0) is 69.0 Å². The van der Waals surface area contributed by atoms with Gasteiger partial charge in [-0.1, -0.05) is 30.3 Å². The van der Waals surface area contributed by atoms with Crippen LogP contribution in [0.15, 0.2) is 48.5 Å². The number of carbonyl (C=O) groups is 1. The lowest BCUT2D eigenvalue weighted by atomic mass is 9.89. The number of aliphatic hydroxyl groups excluding tert-OH is 1. The Balaban J connectivity index is 1.73. The number of ether oxygens (including phenoxy) is 2. The highest BCUT2D eigenvalue weighted by Crippen LogP contribution is 2.30. The number of aliphatic hydroxyl groups is 1. The Morgan fingerprint density at radius 3 is 2.56 bits per heavy atom. The van der Waals surface area contributed by atoms with Crippen molar-refractivity contribution < 1.29 is 19.4 Å². The summed E-state index contributed by atoms with van der Waals surface area (Å²) in [6, 6.07) is 16.0. The molecule has 1 fully saturated rings. The van der Waals surface area contributed by atoms with Crippen LogP contribution in [0.4, 0.5) is 0 Å². The molecule has 0 aliphatic carbocycles. The molecule has 0 radical (unpaired) electrons. The molecule has 32 heavy (non-hydrogen) atoms. The molecule has 2 N–H and O–H groups in total. The number of nitrogens with zero attached hydrogens (tertiary/aromatic N) is 1. The predicted molar refractivity (Wildman–Crippen MR) is 126 cm³/mol. The standard InChI is InChI=1S/C26H36N2O4/c1-19(2)28(18-23-17-27-16-22(23)14-20-8-5-4-6-9-20)26(30)21-10-11-24(31-3)25(15-21)32-13-7-12-29/h4-6,8-11,15,19,22-23,27,29H,7,12-14,16-18H2,1-3H3/t22-,23?/m0/s1. The van der Waals surface area contributed by atoms with Crippen LogP contribution in [-0.4, -0.2) is 61.9 Å². The number of hydrogen-bond donors (Lipinski definition) is 2. The Kier molecular flexibility index (Phi) is 8.94. The predicted octanol–water partition coefficient (Wildman–Crippen LogP) is 3.39. The van der Waals surface area contributed by atoms with Crippen molar-refractivity contribution in [2.45, 2.75) is 32.7 Å². The van der Waals surface area contributed by atoms with Crippen molar-refractivity contribution >= 4 is 5.91 Å². The first kappa shape index (κ1) is 24.1. The van der Waals surface area contributed by atoms with Gasteiger partial charge in [-0.3, -0.25) is 4.79 Å². The normalized spacial score (nSPS) is 18.0. The molecule has 174 valence electrons. The SMILES string of the molecule is COc1ccc(C(=O)N(CC2CNC[C@@H]2Cc2ccccc2)C(C)C)cc1OCCCO. The Morgan fingerprint density at radius 1 is 1.12 bits per heavy atom. The van der Waals surface area contributed by atoms with Crippen molar-refractivity contribution in [3.05, 3.63) is 59.7 Å². The van der Waals surface area contributed by atoms with Crippen molar-refractivity contribution in [2.75, 3.05) is 40.0 Å². The van der Waals surface area contributed by atoms with Crippen molar-refractivity contribution in [1.29, 1.82) is 0 Å². The third-order valence-electron chi connectivity index (χ3n) is 6.11. The molecule has 1 amide bonds. The zero-order valence-electron chi connectivity index (χ0n) is 19.4. The molecule has 2 aromatic rings. The number of amides is 1. The van der Waals surface area contributed by atoms with Gasteiger partial charge in [0.15, 0.2) is 11.5 Å². The summed E-state index contributed by atoms with van der Waals surface area (Å²) in [7, 11) is 1.58. The summed E-state index contributed by atoms with van der Waals surface area (Å²) in [5.74, 6) is 2.01. The van der Waals surface area contributed by atoms with Gasteiger partial charge in [0, 0.05) is 31.2 Å². The number of hydrogen-bond acceptors (Lipinski definition) is 5. The quantitative estimate of drug-likeness (QED) is 0.524. The zero-order valence-corrected chi connectivity index (χ0v) is 19.4. The molecule has 1 aliphatic heterocycles. The van der Waals surface area contributed by atoms with E-state index in [4.69, 9.17) is 14.6 Å². The van der Waals surface area contributed by atoms with Gasteiger partial charge in [0.1, 0.15) is 0 Å². The van der Waals surface area contributed by atoms with E-state index >= 15 is 0 Å². The van der Waals surface area contributed by atoms with Gasteiger partial charge in [-0.25, -0.2) is 0 Å². The minimum atomic E-state index is 0.0000207. The summed E-state index contributed by atoms with van der Waals surface area (Å²) >= 11 is 0. The highest BCUT2D eigenvalue weighted by atomic mass is 16.5. The van der Waals surface area contributed by atoms with Crippen LogP contribution in [0.25, 0.3) is 0 Å². The third kappa shape index (κ3) is 6.24. The van der Waals surface area contributed by atoms with E-state index in [0.717, 1.165) is 19.5 Å². The number of methoxy groups -OCH3 is 1. The van der Waals surface area contributed by atoms with Crippen LogP contribution < -0.4 is 14.8 Å². The summed E-state index contributed by atoms with van der Waals surface area (Å²) < 4.78 is 11.1. The molecule has 0 spiro atoms. The van der Waals surface area contributed by atoms with E-state index in [9.17, 15) is 4.79 Å². The summed E-state index contributed by atoms with van der Waals surface area (Å²) in [5.41, 5.74) is 1.93. The number of benzene rings is 2. The molecule has 6 nitrogen and oxygen atoms in total. The van der Waals surface area contributed by atoms with E-state index in [2.05, 4.69) is 43.4 Å². The molecule has 0 aromatic heterocycles. The lowest BCUT2D eigenvalue weighted by Gasteiger charge is -2.32. The molecule has 2 atom stereocenters. The van der Waals surface area contributed by atoms with Crippen molar-refractivity contribution in [3.63, 3.8) is 0 Å². The fourth-order valence-corrected chi connectivity index (χ4v) is 4.27. The van der Waals surface area contributed by atoms with Gasteiger partial charge >= 0.3 is 0 Å². The Morgan fingerprint density at radius 2 is 1.88 bits per heavy atom. The second-order valence-electron chi connectivity index (χ2n) is 8.71. The van der Waals surface area contributed by atoms with E-state index in [1.54, 1.807) is 25.3 Å².